The van der Waals surface area contributed by atoms with E-state index in [0.717, 1.165) is 12.5 Å². The minimum Gasteiger partial charge on any atom is -0.383 e. The van der Waals surface area contributed by atoms with Gasteiger partial charge in [0.1, 0.15) is 0 Å². The third-order valence-corrected chi connectivity index (χ3v) is 5.69. The third kappa shape index (κ3) is 2.66. The van der Waals surface area contributed by atoms with Gasteiger partial charge in [0.2, 0.25) is 11.8 Å². The number of fused-ring (bicyclic) bond motifs is 5. The number of imide groups is 1. The highest BCUT2D eigenvalue weighted by Gasteiger charge is 2.58. The number of carbonyl (C=O) groups is 3. The zero-order valence-corrected chi connectivity index (χ0v) is 14.3. The van der Waals surface area contributed by atoms with E-state index in [1.165, 1.54) is 17.0 Å². The van der Waals surface area contributed by atoms with Crippen molar-refractivity contribution in [2.45, 2.75) is 6.42 Å². The smallest absolute Gasteiger partial charge is 0.270 e. The Morgan fingerprint density at radius 2 is 1.85 bits per heavy atom. The van der Waals surface area contributed by atoms with E-state index in [4.69, 9.17) is 5.73 Å². The molecule has 27 heavy (non-hydrogen) atoms. The molecule has 3 amide bonds. The number of hydrogen-bond acceptors (Lipinski definition) is 6. The van der Waals surface area contributed by atoms with Crippen LogP contribution >= 0.6 is 0 Å². The van der Waals surface area contributed by atoms with E-state index in [9.17, 15) is 24.5 Å². The number of nitro groups is 1. The number of anilines is 1. The minimum absolute atomic E-state index is 0.0117. The van der Waals surface area contributed by atoms with Crippen LogP contribution in [0.2, 0.25) is 0 Å². The number of non-ortho nitro benzene ring substituents is 1. The second kappa shape index (κ2) is 6.19. The lowest BCUT2D eigenvalue weighted by atomic mass is 9.85. The monoisotopic (exact) mass is 370 g/mol. The first-order chi connectivity index (χ1) is 12.9. The summed E-state index contributed by atoms with van der Waals surface area (Å²) in [5.74, 6) is -1.24. The number of hydrogen-bond donors (Lipinski definition) is 2. The number of amides is 3. The minimum atomic E-state index is -0.799. The van der Waals surface area contributed by atoms with E-state index in [1.807, 2.05) is 12.2 Å². The van der Waals surface area contributed by atoms with Gasteiger partial charge in [0, 0.05) is 30.9 Å². The van der Waals surface area contributed by atoms with Gasteiger partial charge in [0.15, 0.2) is 0 Å². The van der Waals surface area contributed by atoms with Gasteiger partial charge in [-0.2, -0.15) is 0 Å². The fourth-order valence-electron chi connectivity index (χ4n) is 4.49. The van der Waals surface area contributed by atoms with Crippen LogP contribution in [0, 0.1) is 33.8 Å². The number of nitrogens with zero attached hydrogens (tertiary/aromatic N) is 2. The van der Waals surface area contributed by atoms with E-state index < -0.39 is 10.8 Å². The van der Waals surface area contributed by atoms with Crippen molar-refractivity contribution in [2.24, 2.45) is 29.4 Å². The zero-order chi connectivity index (χ0) is 19.3. The van der Waals surface area contributed by atoms with E-state index in [2.05, 4.69) is 5.32 Å². The summed E-state index contributed by atoms with van der Waals surface area (Å²) in [6.07, 6.45) is 4.95. The highest BCUT2D eigenvalue weighted by Crippen LogP contribution is 2.52. The highest BCUT2D eigenvalue weighted by molar-refractivity contribution is 6.06. The zero-order valence-electron chi connectivity index (χ0n) is 14.3. The van der Waals surface area contributed by atoms with Crippen molar-refractivity contribution >= 4 is 29.1 Å². The highest BCUT2D eigenvalue weighted by atomic mass is 16.6. The first-order valence-corrected chi connectivity index (χ1v) is 8.74. The molecule has 0 radical (unpaired) electrons. The lowest BCUT2D eigenvalue weighted by Gasteiger charge is -2.18. The van der Waals surface area contributed by atoms with Crippen LogP contribution in [-0.4, -0.2) is 40.6 Å². The van der Waals surface area contributed by atoms with Gasteiger partial charge in [-0.15, -0.1) is 0 Å². The summed E-state index contributed by atoms with van der Waals surface area (Å²) in [5, 5.41) is 13.8. The number of nitrogens with two attached hydrogens (primary N) is 1. The summed E-state index contributed by atoms with van der Waals surface area (Å²) in [7, 11) is 0. The molecule has 1 aromatic carbocycles. The first kappa shape index (κ1) is 17.2. The number of likely N-dealkylation sites (tertiary alicyclic amines) is 1. The number of carbonyl (C=O) groups excluding carboxylic acids is 3. The molecule has 1 saturated carbocycles. The van der Waals surface area contributed by atoms with E-state index in [-0.39, 0.29) is 59.8 Å². The molecule has 1 aliphatic heterocycles. The molecule has 140 valence electrons. The molecule has 1 aromatic rings. The molecule has 1 saturated heterocycles. The van der Waals surface area contributed by atoms with Crippen molar-refractivity contribution in [2.75, 3.05) is 18.4 Å². The summed E-state index contributed by atoms with van der Waals surface area (Å²) < 4.78 is 0. The molecule has 0 unspecified atom stereocenters. The van der Waals surface area contributed by atoms with Gasteiger partial charge in [0.05, 0.1) is 22.3 Å². The molecule has 9 nitrogen and oxygen atoms in total. The summed E-state index contributed by atoms with van der Waals surface area (Å²) >= 11 is 0. The molecule has 2 aliphatic carbocycles. The maximum Gasteiger partial charge on any atom is 0.270 e. The molecule has 9 heteroatoms. The van der Waals surface area contributed by atoms with Crippen molar-refractivity contribution in [3.05, 3.63) is 46.0 Å². The van der Waals surface area contributed by atoms with Crippen LogP contribution in [0.25, 0.3) is 0 Å². The largest absolute Gasteiger partial charge is 0.383 e. The van der Waals surface area contributed by atoms with Crippen molar-refractivity contribution in [3.63, 3.8) is 0 Å². The van der Waals surface area contributed by atoms with Gasteiger partial charge in [0.25, 0.3) is 11.6 Å². The molecule has 4 atom stereocenters. The normalized spacial score (nSPS) is 27.9. The lowest BCUT2D eigenvalue weighted by Crippen LogP contribution is -2.36. The summed E-state index contributed by atoms with van der Waals surface area (Å²) in [4.78, 5) is 48.3. The van der Waals surface area contributed by atoms with Crippen molar-refractivity contribution in [1.82, 2.24) is 4.90 Å². The SMILES string of the molecule is NC(=O)c1cc([N+](=O)[O-])ccc1NCCN1C(=O)[C@@H]2[C@H](C1=O)[C@@H]1C=C[C@H]2C1. The maximum atomic E-state index is 12.6. The van der Waals surface area contributed by atoms with Gasteiger partial charge in [-0.05, 0) is 24.3 Å². The van der Waals surface area contributed by atoms with Crippen molar-refractivity contribution in [1.29, 1.82) is 0 Å². The fraction of sp³-hybridized carbons (Fsp3) is 0.389. The quantitative estimate of drug-likeness (QED) is 0.331. The Labute approximate surface area is 154 Å². The Morgan fingerprint density at radius 3 is 2.41 bits per heavy atom. The lowest BCUT2D eigenvalue weighted by molar-refractivity contribution is -0.384. The van der Waals surface area contributed by atoms with Crippen molar-refractivity contribution < 1.29 is 19.3 Å². The number of nitro benzene ring substituents is 1. The van der Waals surface area contributed by atoms with Crippen LogP contribution in [0.4, 0.5) is 11.4 Å². The first-order valence-electron chi connectivity index (χ1n) is 8.74. The number of rotatable bonds is 6. The number of nitrogens with one attached hydrogen (secondary N) is 1. The van der Waals surface area contributed by atoms with E-state index in [1.54, 1.807) is 0 Å². The van der Waals surface area contributed by atoms with Gasteiger partial charge in [-0.25, -0.2) is 0 Å². The second-order valence-corrected chi connectivity index (χ2v) is 7.11. The number of benzene rings is 1. The Bertz CT molecular complexity index is 866. The Hall–Kier alpha value is -3.23. The standard InChI is InChI=1S/C18H18N4O5/c19-16(23)12-8-11(22(26)27)3-4-13(12)20-5-6-21-17(24)14-9-1-2-10(7-9)15(14)18(21)25/h1-4,8-10,14-15,20H,5-7H2,(H2,19,23)/t9-,10+,14-,15+. The van der Waals surface area contributed by atoms with E-state index >= 15 is 0 Å². The molecule has 1 heterocycles. The van der Waals surface area contributed by atoms with Crippen LogP contribution < -0.4 is 11.1 Å². The predicted octanol–water partition coefficient (Wildman–Crippen LogP) is 0.913. The fourth-order valence-corrected chi connectivity index (χ4v) is 4.49. The molecule has 0 spiro atoms. The molecule has 4 rings (SSSR count). The Morgan fingerprint density at radius 1 is 1.22 bits per heavy atom. The second-order valence-electron chi connectivity index (χ2n) is 7.11. The van der Waals surface area contributed by atoms with Crippen LogP contribution in [0.1, 0.15) is 16.8 Å². The molecule has 2 fully saturated rings. The molecular formula is C18H18N4O5. The number of primary amides is 1. The summed E-state index contributed by atoms with van der Waals surface area (Å²) in [6, 6.07) is 3.75. The molecular weight excluding hydrogens is 352 g/mol. The van der Waals surface area contributed by atoms with Gasteiger partial charge in [-0.1, -0.05) is 12.2 Å². The topological polar surface area (TPSA) is 136 Å². The van der Waals surface area contributed by atoms with Gasteiger partial charge < -0.3 is 11.1 Å². The molecule has 3 N–H and O–H groups in total. The van der Waals surface area contributed by atoms with Crippen LogP contribution in [-0.2, 0) is 9.59 Å². The van der Waals surface area contributed by atoms with Crippen molar-refractivity contribution in [3.8, 4) is 0 Å². The van der Waals surface area contributed by atoms with Crippen LogP contribution in [0.15, 0.2) is 30.4 Å². The van der Waals surface area contributed by atoms with Crippen LogP contribution in [0.3, 0.4) is 0 Å². The molecule has 2 bridgehead atoms. The summed E-state index contributed by atoms with van der Waals surface area (Å²) in [6.45, 7) is 0.386. The van der Waals surface area contributed by atoms with Gasteiger partial charge in [-0.3, -0.25) is 29.4 Å². The molecule has 3 aliphatic rings. The Kier molecular flexibility index (Phi) is 3.94. The third-order valence-electron chi connectivity index (χ3n) is 5.69. The average Bonchev–Trinajstić information content (AvgIpc) is 3.31. The maximum absolute atomic E-state index is 12.6. The molecule has 0 aromatic heterocycles. The van der Waals surface area contributed by atoms with Gasteiger partial charge >= 0.3 is 0 Å². The van der Waals surface area contributed by atoms with Crippen LogP contribution in [0.5, 0.6) is 0 Å². The Balaban J connectivity index is 1.44. The number of allylic oxidation sites excluding steroid dienone is 2. The van der Waals surface area contributed by atoms with E-state index in [0.29, 0.717) is 5.69 Å². The average molecular weight is 370 g/mol. The predicted molar refractivity (Wildman–Crippen MR) is 94.5 cm³/mol. The summed E-state index contributed by atoms with van der Waals surface area (Å²) in [5.41, 5.74) is 5.37.